The highest BCUT2D eigenvalue weighted by Gasteiger charge is 2.15. The summed E-state index contributed by atoms with van der Waals surface area (Å²) >= 11 is 11.7. The van der Waals surface area contributed by atoms with E-state index in [9.17, 15) is 8.78 Å². The molecule has 0 aliphatic heterocycles. The Morgan fingerprint density at radius 1 is 1.10 bits per heavy atom. The predicted molar refractivity (Wildman–Crippen MR) is 75.7 cm³/mol. The van der Waals surface area contributed by atoms with E-state index in [0.29, 0.717) is 17.1 Å². The summed E-state index contributed by atoms with van der Waals surface area (Å²) in [6.07, 6.45) is 0. The normalized spacial score (nSPS) is 10.7. The molecule has 1 N–H and O–H groups in total. The van der Waals surface area contributed by atoms with Crippen molar-refractivity contribution in [3.05, 3.63) is 57.6 Å². The summed E-state index contributed by atoms with van der Waals surface area (Å²) < 4.78 is 33.0. The van der Waals surface area contributed by atoms with Gasteiger partial charge in [-0.05, 0) is 36.9 Å². The molecule has 0 saturated carbocycles. The summed E-state index contributed by atoms with van der Waals surface area (Å²) in [7, 11) is 1.69. The van der Waals surface area contributed by atoms with E-state index in [-0.39, 0.29) is 10.8 Å². The maximum absolute atomic E-state index is 13.9. The van der Waals surface area contributed by atoms with Crippen LogP contribution in [0.4, 0.5) is 8.78 Å². The fourth-order valence-electron chi connectivity index (χ4n) is 1.68. The van der Waals surface area contributed by atoms with Crippen LogP contribution in [-0.4, -0.2) is 7.05 Å². The Labute approximate surface area is 125 Å². The van der Waals surface area contributed by atoms with Gasteiger partial charge in [0.2, 0.25) is 0 Å². The SMILES string of the molecule is CNCc1cc(F)c(Oc2cc(Cl)ccc2Cl)c(F)c1. The van der Waals surface area contributed by atoms with E-state index < -0.39 is 17.4 Å². The summed E-state index contributed by atoms with van der Waals surface area (Å²) in [6, 6.07) is 6.84. The summed E-state index contributed by atoms with van der Waals surface area (Å²) in [5, 5.41) is 3.39. The zero-order valence-electron chi connectivity index (χ0n) is 10.5. The second-order valence-corrected chi connectivity index (χ2v) is 4.94. The van der Waals surface area contributed by atoms with Crippen molar-refractivity contribution in [3.63, 3.8) is 0 Å². The quantitative estimate of drug-likeness (QED) is 0.876. The van der Waals surface area contributed by atoms with E-state index in [1.807, 2.05) is 0 Å². The van der Waals surface area contributed by atoms with Crippen LogP contribution in [0.15, 0.2) is 30.3 Å². The summed E-state index contributed by atoms with van der Waals surface area (Å²) in [5.41, 5.74) is 0.479. The molecule has 0 saturated heterocycles. The third-order valence-electron chi connectivity index (χ3n) is 2.54. The molecule has 0 aliphatic rings. The van der Waals surface area contributed by atoms with E-state index in [0.717, 1.165) is 0 Å². The van der Waals surface area contributed by atoms with Crippen molar-refractivity contribution in [1.29, 1.82) is 0 Å². The highest BCUT2D eigenvalue weighted by molar-refractivity contribution is 6.34. The minimum atomic E-state index is -0.800. The Morgan fingerprint density at radius 3 is 2.35 bits per heavy atom. The number of hydrogen-bond acceptors (Lipinski definition) is 2. The number of hydrogen-bond donors (Lipinski definition) is 1. The molecule has 20 heavy (non-hydrogen) atoms. The summed E-state index contributed by atoms with van der Waals surface area (Å²) in [5.74, 6) is -2.01. The highest BCUT2D eigenvalue weighted by atomic mass is 35.5. The summed E-state index contributed by atoms with van der Waals surface area (Å²) in [6.45, 7) is 0.353. The second-order valence-electron chi connectivity index (χ2n) is 4.10. The molecule has 2 nitrogen and oxygen atoms in total. The molecule has 106 valence electrons. The molecule has 0 atom stereocenters. The lowest BCUT2D eigenvalue weighted by atomic mass is 10.2. The van der Waals surface area contributed by atoms with Gasteiger partial charge in [-0.2, -0.15) is 0 Å². The molecule has 0 aliphatic carbocycles. The molecule has 0 unspecified atom stereocenters. The number of ether oxygens (including phenoxy) is 1. The number of rotatable bonds is 4. The van der Waals surface area contributed by atoms with Gasteiger partial charge < -0.3 is 10.1 Å². The molecule has 0 radical (unpaired) electrons. The van der Waals surface area contributed by atoms with Gasteiger partial charge >= 0.3 is 0 Å². The van der Waals surface area contributed by atoms with E-state index >= 15 is 0 Å². The van der Waals surface area contributed by atoms with Crippen LogP contribution in [0.5, 0.6) is 11.5 Å². The first-order chi connectivity index (χ1) is 9.51. The van der Waals surface area contributed by atoms with Gasteiger partial charge in [0.1, 0.15) is 5.75 Å². The molecule has 2 aromatic rings. The van der Waals surface area contributed by atoms with Crippen LogP contribution in [0.3, 0.4) is 0 Å². The molecule has 0 fully saturated rings. The highest BCUT2D eigenvalue weighted by Crippen LogP contribution is 2.34. The Balaban J connectivity index is 2.36. The zero-order valence-corrected chi connectivity index (χ0v) is 12.0. The van der Waals surface area contributed by atoms with E-state index in [1.165, 1.54) is 24.3 Å². The monoisotopic (exact) mass is 317 g/mol. The van der Waals surface area contributed by atoms with Crippen LogP contribution in [0, 0.1) is 11.6 Å². The van der Waals surface area contributed by atoms with E-state index in [4.69, 9.17) is 27.9 Å². The first kappa shape index (κ1) is 15.0. The van der Waals surface area contributed by atoms with Crippen molar-refractivity contribution in [3.8, 4) is 11.5 Å². The van der Waals surface area contributed by atoms with Crippen molar-refractivity contribution in [2.75, 3.05) is 7.05 Å². The molecule has 0 aromatic heterocycles. The topological polar surface area (TPSA) is 21.3 Å². The molecule has 2 rings (SSSR count). The number of halogens is 4. The van der Waals surface area contributed by atoms with Crippen molar-refractivity contribution in [2.45, 2.75) is 6.54 Å². The minimum absolute atomic E-state index is 0.0957. The third-order valence-corrected chi connectivity index (χ3v) is 3.09. The first-order valence-corrected chi connectivity index (χ1v) is 6.52. The molecule has 0 bridgehead atoms. The molecular formula is C14H11Cl2F2NO. The Hall–Kier alpha value is -1.36. The van der Waals surface area contributed by atoms with Gasteiger partial charge in [-0.3, -0.25) is 0 Å². The van der Waals surface area contributed by atoms with Crippen LogP contribution >= 0.6 is 23.2 Å². The van der Waals surface area contributed by atoms with E-state index in [2.05, 4.69) is 5.32 Å². The first-order valence-electron chi connectivity index (χ1n) is 5.76. The standard InChI is InChI=1S/C14H11Cl2F2NO/c1-19-7-8-4-11(17)14(12(18)5-8)20-13-6-9(15)2-3-10(13)16/h2-6,19H,7H2,1H3. The molecular weight excluding hydrogens is 307 g/mol. The molecule has 0 spiro atoms. The fourth-order valence-corrected chi connectivity index (χ4v) is 2.00. The van der Waals surface area contributed by atoms with Crippen LogP contribution in [0.25, 0.3) is 0 Å². The third kappa shape index (κ3) is 3.39. The zero-order chi connectivity index (χ0) is 14.7. The predicted octanol–water partition coefficient (Wildman–Crippen LogP) is 4.78. The van der Waals surface area contributed by atoms with Crippen LogP contribution in [0.1, 0.15) is 5.56 Å². The van der Waals surface area contributed by atoms with Crippen LogP contribution < -0.4 is 10.1 Å². The van der Waals surface area contributed by atoms with Crippen LogP contribution in [0.2, 0.25) is 10.0 Å². The maximum Gasteiger partial charge on any atom is 0.198 e. The largest absolute Gasteiger partial charge is 0.450 e. The van der Waals surface area contributed by atoms with Crippen molar-refractivity contribution >= 4 is 23.2 Å². The fraction of sp³-hybridized carbons (Fsp3) is 0.143. The van der Waals surface area contributed by atoms with Gasteiger partial charge in [-0.1, -0.05) is 23.2 Å². The maximum atomic E-state index is 13.9. The van der Waals surface area contributed by atoms with Gasteiger partial charge in [0.15, 0.2) is 17.4 Å². The van der Waals surface area contributed by atoms with Crippen molar-refractivity contribution < 1.29 is 13.5 Å². The molecule has 2 aromatic carbocycles. The van der Waals surface area contributed by atoms with Crippen LogP contribution in [-0.2, 0) is 6.54 Å². The van der Waals surface area contributed by atoms with Crippen molar-refractivity contribution in [2.24, 2.45) is 0 Å². The Morgan fingerprint density at radius 2 is 1.75 bits per heavy atom. The van der Waals surface area contributed by atoms with Gasteiger partial charge in [0.05, 0.1) is 5.02 Å². The molecule has 0 heterocycles. The second kappa shape index (κ2) is 6.39. The minimum Gasteiger partial charge on any atom is -0.450 e. The number of nitrogens with one attached hydrogen (secondary N) is 1. The lowest BCUT2D eigenvalue weighted by molar-refractivity contribution is 0.406. The Bertz CT molecular complexity index is 612. The van der Waals surface area contributed by atoms with E-state index in [1.54, 1.807) is 13.1 Å². The average Bonchev–Trinajstić information content (AvgIpc) is 2.38. The van der Waals surface area contributed by atoms with Gasteiger partial charge in [-0.25, -0.2) is 8.78 Å². The lowest BCUT2D eigenvalue weighted by Crippen LogP contribution is -2.06. The number of benzene rings is 2. The summed E-state index contributed by atoms with van der Waals surface area (Å²) in [4.78, 5) is 0. The average molecular weight is 318 g/mol. The van der Waals surface area contributed by atoms with Gasteiger partial charge in [0, 0.05) is 17.6 Å². The lowest BCUT2D eigenvalue weighted by Gasteiger charge is -2.11. The Kier molecular flexibility index (Phi) is 4.81. The molecule has 0 amide bonds. The smallest absolute Gasteiger partial charge is 0.198 e. The van der Waals surface area contributed by atoms with Gasteiger partial charge in [-0.15, -0.1) is 0 Å². The van der Waals surface area contributed by atoms with Gasteiger partial charge in [0.25, 0.3) is 0 Å². The molecule has 6 heteroatoms. The van der Waals surface area contributed by atoms with Crippen molar-refractivity contribution in [1.82, 2.24) is 5.32 Å².